The van der Waals surface area contributed by atoms with Crippen molar-refractivity contribution < 1.29 is 0 Å². The Bertz CT molecular complexity index is 43.8. The van der Waals surface area contributed by atoms with Gasteiger partial charge in [-0.25, -0.2) is 0 Å². The molecule has 0 aliphatic heterocycles. The molecule has 0 saturated carbocycles. The van der Waals surface area contributed by atoms with Crippen LogP contribution in [-0.4, -0.2) is 18.1 Å². The zero-order chi connectivity index (χ0) is 6.41. The fraction of sp³-hybridized carbons (Fsp3) is 1.00. The van der Waals surface area contributed by atoms with Gasteiger partial charge in [0.1, 0.15) is 0 Å². The monoisotopic (exact) mass is 145 g/mol. The number of rotatable bonds is 4. The predicted octanol–water partition coefficient (Wildman–Crippen LogP) is 1.16. The van der Waals surface area contributed by atoms with Gasteiger partial charge in [0.15, 0.2) is 0 Å². The van der Waals surface area contributed by atoms with Crippen molar-refractivity contribution in [3.05, 3.63) is 0 Å². The van der Waals surface area contributed by atoms with Gasteiger partial charge in [0.2, 0.25) is 0 Å². The van der Waals surface area contributed by atoms with Crippen molar-refractivity contribution in [3.63, 3.8) is 0 Å². The molecule has 0 heterocycles. The first-order valence-electron chi connectivity index (χ1n) is 3.60. The molecular weight excluding hydrogens is 128 g/mol. The summed E-state index contributed by atoms with van der Waals surface area (Å²) < 4.78 is 0. The van der Waals surface area contributed by atoms with Crippen LogP contribution in [0.3, 0.4) is 0 Å². The second kappa shape index (κ2) is 5.57. The zero-order valence-electron chi connectivity index (χ0n) is 6.28. The summed E-state index contributed by atoms with van der Waals surface area (Å²) in [7, 11) is 1.35. The van der Waals surface area contributed by atoms with E-state index in [0.717, 1.165) is 14.6 Å². The second-order valence-electron chi connectivity index (χ2n) is 2.62. The molecule has 0 aromatic carbocycles. The second-order valence-corrected chi connectivity index (χ2v) is 8.86. The maximum atomic E-state index is 2.36. The molecule has 49 valence electrons. The van der Waals surface area contributed by atoms with Crippen molar-refractivity contribution in [2.24, 2.45) is 0 Å². The number of hydrogen-bond acceptors (Lipinski definition) is 0. The van der Waals surface area contributed by atoms with Crippen LogP contribution < -0.4 is 0 Å². The third kappa shape index (κ3) is 6.43. The normalized spacial score (nSPS) is 12.0. The predicted molar refractivity (Wildman–Crippen MR) is 45.9 cm³/mol. The Labute approximate surface area is 57.5 Å². The summed E-state index contributed by atoms with van der Waals surface area (Å²) in [6.45, 7) is 7.02. The van der Waals surface area contributed by atoms with Crippen molar-refractivity contribution in [2.75, 3.05) is 0 Å². The van der Waals surface area contributed by atoms with E-state index in [2.05, 4.69) is 20.8 Å². The van der Waals surface area contributed by atoms with E-state index >= 15 is 0 Å². The van der Waals surface area contributed by atoms with E-state index in [1.165, 1.54) is 6.42 Å². The van der Waals surface area contributed by atoms with Crippen molar-refractivity contribution in [1.29, 1.82) is 0 Å². The molecule has 0 amide bonds. The smallest absolute Gasteiger partial charge is 0.0168 e. The fourth-order valence-electron chi connectivity index (χ4n) is 0.655. The molecule has 0 saturated heterocycles. The standard InChI is InChI=1S/C6H17Si2/c1-4-5-7-8-6(2)3/h6,8H,4-5,7H2,1-3H3. The van der Waals surface area contributed by atoms with Gasteiger partial charge in [-0.15, -0.1) is 0 Å². The van der Waals surface area contributed by atoms with Crippen molar-refractivity contribution >= 4 is 18.1 Å². The van der Waals surface area contributed by atoms with E-state index in [0.29, 0.717) is 9.04 Å². The first kappa shape index (κ1) is 8.43. The van der Waals surface area contributed by atoms with Gasteiger partial charge in [-0.3, -0.25) is 0 Å². The Morgan fingerprint density at radius 2 is 2.12 bits per heavy atom. The van der Waals surface area contributed by atoms with E-state index in [-0.39, 0.29) is 0 Å². The number of hydrogen-bond donors (Lipinski definition) is 0. The Kier molecular flexibility index (Phi) is 5.87. The Morgan fingerprint density at radius 1 is 1.50 bits per heavy atom. The lowest BCUT2D eigenvalue weighted by molar-refractivity contribution is 1.06. The zero-order valence-corrected chi connectivity index (χ0v) is 8.84. The maximum Gasteiger partial charge on any atom is 0.0168 e. The van der Waals surface area contributed by atoms with Gasteiger partial charge in [-0.2, -0.15) is 0 Å². The Hall–Kier alpha value is 0.434. The molecule has 0 rings (SSSR count). The molecule has 0 unspecified atom stereocenters. The average Bonchev–Trinajstić information content (AvgIpc) is 1.66. The average molecular weight is 145 g/mol. The molecule has 1 radical (unpaired) electrons. The van der Waals surface area contributed by atoms with Crippen LogP contribution in [0.5, 0.6) is 0 Å². The van der Waals surface area contributed by atoms with E-state index in [9.17, 15) is 0 Å². The van der Waals surface area contributed by atoms with Crippen LogP contribution in [0.15, 0.2) is 0 Å². The molecular formula is C6H17Si2. The topological polar surface area (TPSA) is 0 Å². The fourth-order valence-corrected chi connectivity index (χ4v) is 5.90. The summed E-state index contributed by atoms with van der Waals surface area (Å²) >= 11 is 0. The molecule has 0 spiro atoms. The van der Waals surface area contributed by atoms with Gasteiger partial charge in [0.05, 0.1) is 0 Å². The summed E-state index contributed by atoms with van der Waals surface area (Å²) in [5.41, 5.74) is 1.05. The van der Waals surface area contributed by atoms with Gasteiger partial charge in [-0.05, 0) is 0 Å². The molecule has 8 heavy (non-hydrogen) atoms. The first-order valence-corrected chi connectivity index (χ1v) is 8.54. The van der Waals surface area contributed by atoms with E-state index in [1.807, 2.05) is 0 Å². The van der Waals surface area contributed by atoms with Crippen LogP contribution in [0.4, 0.5) is 0 Å². The molecule has 0 aliphatic carbocycles. The maximum absolute atomic E-state index is 2.36. The largest absolute Gasteiger partial charge is 0.0659 e. The molecule has 0 aromatic heterocycles. The molecule has 2 heteroatoms. The van der Waals surface area contributed by atoms with Gasteiger partial charge >= 0.3 is 0 Å². The SMILES string of the molecule is CCC[SiH2][SiH]C(C)C. The lowest BCUT2D eigenvalue weighted by Gasteiger charge is -1.98. The Morgan fingerprint density at radius 3 is 2.50 bits per heavy atom. The highest BCUT2D eigenvalue weighted by Crippen LogP contribution is 1.96. The molecule has 0 nitrogen and oxygen atoms in total. The molecule has 0 atom stereocenters. The summed E-state index contributed by atoms with van der Waals surface area (Å²) in [5.74, 6) is 0. The van der Waals surface area contributed by atoms with Crippen LogP contribution >= 0.6 is 0 Å². The van der Waals surface area contributed by atoms with Crippen LogP contribution in [0, 0.1) is 0 Å². The quantitative estimate of drug-likeness (QED) is 0.411. The minimum Gasteiger partial charge on any atom is -0.0659 e. The summed E-state index contributed by atoms with van der Waals surface area (Å²) in [5, 5.41) is 0. The molecule has 0 aromatic rings. The van der Waals surface area contributed by atoms with Crippen molar-refractivity contribution in [1.82, 2.24) is 0 Å². The third-order valence-corrected chi connectivity index (χ3v) is 8.64. The van der Waals surface area contributed by atoms with Crippen LogP contribution in [0.2, 0.25) is 11.6 Å². The summed E-state index contributed by atoms with van der Waals surface area (Å²) in [6.07, 6.45) is 1.44. The summed E-state index contributed by atoms with van der Waals surface area (Å²) in [6, 6.07) is 1.59. The minimum absolute atomic E-state index is 0.447. The highest BCUT2D eigenvalue weighted by atomic mass is 29.1. The van der Waals surface area contributed by atoms with Crippen LogP contribution in [0.1, 0.15) is 27.2 Å². The lowest BCUT2D eigenvalue weighted by atomic mass is 10.6. The van der Waals surface area contributed by atoms with E-state index < -0.39 is 0 Å². The van der Waals surface area contributed by atoms with Gasteiger partial charge in [0.25, 0.3) is 0 Å². The van der Waals surface area contributed by atoms with Crippen LogP contribution in [0.25, 0.3) is 0 Å². The molecule has 0 bridgehead atoms. The van der Waals surface area contributed by atoms with Gasteiger partial charge in [-0.1, -0.05) is 38.8 Å². The highest BCUT2D eigenvalue weighted by Gasteiger charge is 1.92. The highest BCUT2D eigenvalue weighted by molar-refractivity contribution is 7.01. The van der Waals surface area contributed by atoms with Crippen molar-refractivity contribution in [3.8, 4) is 0 Å². The van der Waals surface area contributed by atoms with Crippen molar-refractivity contribution in [2.45, 2.75) is 38.8 Å². The molecule has 0 fully saturated rings. The van der Waals surface area contributed by atoms with Gasteiger partial charge in [0, 0.05) is 18.1 Å². The first-order chi connectivity index (χ1) is 3.77. The molecule has 0 aliphatic rings. The van der Waals surface area contributed by atoms with Gasteiger partial charge < -0.3 is 0 Å². The molecule has 0 N–H and O–H groups in total. The van der Waals surface area contributed by atoms with E-state index in [4.69, 9.17) is 0 Å². The Balaban J connectivity index is 2.72. The summed E-state index contributed by atoms with van der Waals surface area (Å²) in [4.78, 5) is 0. The lowest BCUT2D eigenvalue weighted by Crippen LogP contribution is -2.05. The van der Waals surface area contributed by atoms with E-state index in [1.54, 1.807) is 6.04 Å². The minimum atomic E-state index is 0.447. The third-order valence-electron chi connectivity index (χ3n) is 1.20. The van der Waals surface area contributed by atoms with Crippen LogP contribution in [-0.2, 0) is 0 Å².